The molecule has 2 nitrogen and oxygen atoms in total. The summed E-state index contributed by atoms with van der Waals surface area (Å²) in [7, 11) is 0. The predicted molar refractivity (Wildman–Crippen MR) is 220 cm³/mol. The number of furan rings is 1. The van der Waals surface area contributed by atoms with Gasteiger partial charge in [-0.15, -0.1) is 0 Å². The summed E-state index contributed by atoms with van der Waals surface area (Å²) in [5, 5.41) is 7.37. The molecular formula is C50H33NO. The van der Waals surface area contributed by atoms with Crippen LogP contribution in [0.4, 0.5) is 17.1 Å². The average Bonchev–Trinajstić information content (AvgIpc) is 3.60. The lowest BCUT2D eigenvalue weighted by molar-refractivity contribution is 0.669. The minimum Gasteiger partial charge on any atom is -0.456 e. The molecule has 0 spiro atoms. The fraction of sp³-hybridized carbons (Fsp3) is 0. The van der Waals surface area contributed by atoms with Crippen molar-refractivity contribution < 1.29 is 4.42 Å². The molecule has 0 bridgehead atoms. The highest BCUT2D eigenvalue weighted by Crippen LogP contribution is 2.40. The minimum atomic E-state index is 0.904. The zero-order valence-electron chi connectivity index (χ0n) is 28.4. The smallest absolute Gasteiger partial charge is 0.136 e. The molecule has 0 unspecified atom stereocenters. The van der Waals surface area contributed by atoms with E-state index in [4.69, 9.17) is 4.42 Å². The van der Waals surface area contributed by atoms with Gasteiger partial charge in [-0.25, -0.2) is 0 Å². The second-order valence-corrected chi connectivity index (χ2v) is 13.3. The number of hydrogen-bond acceptors (Lipinski definition) is 2. The van der Waals surface area contributed by atoms with Gasteiger partial charge in [-0.1, -0.05) is 146 Å². The second kappa shape index (κ2) is 12.5. The lowest BCUT2D eigenvalue weighted by Crippen LogP contribution is -2.10. The Morgan fingerprint density at radius 1 is 0.288 bits per heavy atom. The van der Waals surface area contributed by atoms with Crippen LogP contribution in [-0.2, 0) is 0 Å². The quantitative estimate of drug-likeness (QED) is 0.165. The van der Waals surface area contributed by atoms with Crippen molar-refractivity contribution in [1.29, 1.82) is 0 Å². The van der Waals surface area contributed by atoms with Gasteiger partial charge in [-0.05, 0) is 110 Å². The Balaban J connectivity index is 1.05. The van der Waals surface area contributed by atoms with Crippen LogP contribution in [0.25, 0.3) is 76.9 Å². The molecule has 0 N–H and O–H groups in total. The number of benzene rings is 9. The minimum absolute atomic E-state index is 0.904. The molecular weight excluding hydrogens is 631 g/mol. The van der Waals surface area contributed by atoms with Crippen LogP contribution in [0.5, 0.6) is 0 Å². The van der Waals surface area contributed by atoms with Crippen molar-refractivity contribution in [3.63, 3.8) is 0 Å². The Bertz CT molecular complexity index is 2890. The molecule has 0 aliphatic heterocycles. The SMILES string of the molecule is c1ccc(-c2cccc(N(c3ccc(-c4ccc5c(c4)oc4ccccc45)cc3)c3ccc(-c4cccc5c4ccc4ccccc45)cc3)c2)cc1. The highest BCUT2D eigenvalue weighted by atomic mass is 16.3. The Morgan fingerprint density at radius 3 is 1.69 bits per heavy atom. The van der Waals surface area contributed by atoms with Crippen LogP contribution < -0.4 is 4.90 Å². The number of anilines is 3. The first-order valence-electron chi connectivity index (χ1n) is 17.8. The van der Waals surface area contributed by atoms with Crippen LogP contribution in [0.3, 0.4) is 0 Å². The standard InChI is InChI=1S/C50H33NO/c1-2-10-34(11-3-1)38-13-8-14-42(32-38)51(40-26-20-35(21-27-40)39-25-31-48-47-16-6-7-19-49(47)52-50(48)33-39)41-28-22-37(23-29-41)44-17-9-18-45-43-15-5-4-12-36(43)24-30-46(44)45/h1-33H. The van der Waals surface area contributed by atoms with Gasteiger partial charge in [0.2, 0.25) is 0 Å². The molecule has 0 amide bonds. The number of para-hydroxylation sites is 1. The molecule has 2 heteroatoms. The van der Waals surface area contributed by atoms with Gasteiger partial charge >= 0.3 is 0 Å². The van der Waals surface area contributed by atoms with Crippen molar-refractivity contribution in [2.45, 2.75) is 0 Å². The highest BCUT2D eigenvalue weighted by Gasteiger charge is 2.16. The van der Waals surface area contributed by atoms with E-state index in [1.807, 2.05) is 12.1 Å². The molecule has 0 radical (unpaired) electrons. The molecule has 10 rings (SSSR count). The maximum Gasteiger partial charge on any atom is 0.136 e. The van der Waals surface area contributed by atoms with E-state index in [0.717, 1.165) is 50.1 Å². The molecule has 0 atom stereocenters. The van der Waals surface area contributed by atoms with E-state index >= 15 is 0 Å². The van der Waals surface area contributed by atoms with Crippen molar-refractivity contribution >= 4 is 60.5 Å². The number of fused-ring (bicyclic) bond motifs is 6. The van der Waals surface area contributed by atoms with Crippen LogP contribution in [0.15, 0.2) is 205 Å². The summed E-state index contributed by atoms with van der Waals surface area (Å²) in [6.07, 6.45) is 0. The number of nitrogens with zero attached hydrogens (tertiary/aromatic N) is 1. The van der Waals surface area contributed by atoms with Gasteiger partial charge in [0.15, 0.2) is 0 Å². The molecule has 0 fully saturated rings. The highest BCUT2D eigenvalue weighted by molar-refractivity contribution is 6.12. The molecule has 52 heavy (non-hydrogen) atoms. The van der Waals surface area contributed by atoms with E-state index < -0.39 is 0 Å². The maximum absolute atomic E-state index is 6.22. The molecule has 244 valence electrons. The van der Waals surface area contributed by atoms with Crippen LogP contribution >= 0.6 is 0 Å². The summed E-state index contributed by atoms with van der Waals surface area (Å²) in [4.78, 5) is 2.35. The topological polar surface area (TPSA) is 16.4 Å². The lowest BCUT2D eigenvalue weighted by atomic mass is 9.94. The molecule has 1 heterocycles. The van der Waals surface area contributed by atoms with Gasteiger partial charge in [0.25, 0.3) is 0 Å². The molecule has 9 aromatic carbocycles. The fourth-order valence-corrected chi connectivity index (χ4v) is 7.69. The van der Waals surface area contributed by atoms with Gasteiger partial charge < -0.3 is 9.32 Å². The van der Waals surface area contributed by atoms with Crippen molar-refractivity contribution in [2.24, 2.45) is 0 Å². The van der Waals surface area contributed by atoms with Crippen LogP contribution in [-0.4, -0.2) is 0 Å². The predicted octanol–water partition coefficient (Wildman–Crippen LogP) is 14.4. The zero-order valence-corrected chi connectivity index (χ0v) is 28.4. The normalized spacial score (nSPS) is 11.5. The van der Waals surface area contributed by atoms with E-state index in [1.165, 1.54) is 43.8 Å². The van der Waals surface area contributed by atoms with Gasteiger partial charge in [0.1, 0.15) is 11.2 Å². The zero-order chi connectivity index (χ0) is 34.4. The van der Waals surface area contributed by atoms with Crippen molar-refractivity contribution in [3.05, 3.63) is 200 Å². The molecule has 0 aliphatic carbocycles. The van der Waals surface area contributed by atoms with E-state index in [1.54, 1.807) is 0 Å². The summed E-state index contributed by atoms with van der Waals surface area (Å²) in [5.74, 6) is 0. The van der Waals surface area contributed by atoms with Crippen molar-refractivity contribution in [3.8, 4) is 33.4 Å². The van der Waals surface area contributed by atoms with Gasteiger partial charge in [-0.2, -0.15) is 0 Å². The summed E-state index contributed by atoms with van der Waals surface area (Å²) in [6, 6.07) is 71.7. The third kappa shape index (κ3) is 5.21. The van der Waals surface area contributed by atoms with E-state index in [2.05, 4.69) is 193 Å². The van der Waals surface area contributed by atoms with Crippen LogP contribution in [0.1, 0.15) is 0 Å². The van der Waals surface area contributed by atoms with E-state index in [0.29, 0.717) is 0 Å². The second-order valence-electron chi connectivity index (χ2n) is 13.3. The Hall–Kier alpha value is -6.90. The molecule has 10 aromatic rings. The fourth-order valence-electron chi connectivity index (χ4n) is 7.69. The largest absolute Gasteiger partial charge is 0.456 e. The third-order valence-electron chi connectivity index (χ3n) is 10.3. The van der Waals surface area contributed by atoms with Crippen LogP contribution in [0.2, 0.25) is 0 Å². The first kappa shape index (κ1) is 30.0. The number of rotatable bonds is 6. The molecule has 0 saturated carbocycles. The Kier molecular flexibility index (Phi) is 7.18. The molecule has 0 aliphatic rings. The monoisotopic (exact) mass is 663 g/mol. The average molecular weight is 664 g/mol. The molecule has 0 saturated heterocycles. The summed E-state index contributed by atoms with van der Waals surface area (Å²) in [5.41, 5.74) is 12.2. The van der Waals surface area contributed by atoms with Crippen molar-refractivity contribution in [1.82, 2.24) is 0 Å². The first-order valence-corrected chi connectivity index (χ1v) is 17.8. The van der Waals surface area contributed by atoms with Gasteiger partial charge in [0.05, 0.1) is 0 Å². The van der Waals surface area contributed by atoms with E-state index in [9.17, 15) is 0 Å². The lowest BCUT2D eigenvalue weighted by Gasteiger charge is -2.26. The van der Waals surface area contributed by atoms with Crippen molar-refractivity contribution in [2.75, 3.05) is 4.90 Å². The Morgan fingerprint density at radius 2 is 0.865 bits per heavy atom. The maximum atomic E-state index is 6.22. The number of hydrogen-bond donors (Lipinski definition) is 0. The Labute approximate surface area is 302 Å². The summed E-state index contributed by atoms with van der Waals surface area (Å²) in [6.45, 7) is 0. The third-order valence-corrected chi connectivity index (χ3v) is 10.3. The summed E-state index contributed by atoms with van der Waals surface area (Å²) < 4.78 is 6.22. The van der Waals surface area contributed by atoms with Crippen LogP contribution in [0, 0.1) is 0 Å². The molecule has 1 aromatic heterocycles. The first-order chi connectivity index (χ1) is 25.8. The van der Waals surface area contributed by atoms with E-state index in [-0.39, 0.29) is 0 Å². The summed E-state index contributed by atoms with van der Waals surface area (Å²) >= 11 is 0. The van der Waals surface area contributed by atoms with Gasteiger partial charge in [0, 0.05) is 27.8 Å². The van der Waals surface area contributed by atoms with Gasteiger partial charge in [-0.3, -0.25) is 0 Å².